The van der Waals surface area contributed by atoms with E-state index in [0.717, 1.165) is 22.1 Å². The lowest BCUT2D eigenvalue weighted by Gasteiger charge is -2.28. The van der Waals surface area contributed by atoms with E-state index >= 15 is 0 Å². The van der Waals surface area contributed by atoms with E-state index in [9.17, 15) is 0 Å². The quantitative estimate of drug-likeness (QED) is 0.934. The number of hydrogen-bond acceptors (Lipinski definition) is 5. The molecule has 1 saturated carbocycles. The van der Waals surface area contributed by atoms with Gasteiger partial charge in [0.1, 0.15) is 12.1 Å². The van der Waals surface area contributed by atoms with E-state index < -0.39 is 0 Å². The van der Waals surface area contributed by atoms with Crippen molar-refractivity contribution in [3.8, 4) is 0 Å². The van der Waals surface area contributed by atoms with Crippen molar-refractivity contribution >= 4 is 28.6 Å². The third-order valence-corrected chi connectivity index (χ3v) is 5.02. The van der Waals surface area contributed by atoms with E-state index in [4.69, 9.17) is 0 Å². The molecule has 1 N–H and O–H groups in total. The van der Waals surface area contributed by atoms with E-state index in [1.165, 1.54) is 25.7 Å². The molecule has 0 amide bonds. The van der Waals surface area contributed by atoms with Crippen molar-refractivity contribution in [2.24, 2.45) is 7.05 Å². The lowest BCUT2D eigenvalue weighted by molar-refractivity contribution is 0.472. The minimum atomic E-state index is 0.529. The maximum absolute atomic E-state index is 4.37. The van der Waals surface area contributed by atoms with Gasteiger partial charge in [-0.15, -0.1) is 0 Å². The molecule has 0 atom stereocenters. The maximum Gasteiger partial charge on any atom is 0.163 e. The second-order valence-electron chi connectivity index (χ2n) is 5.08. The van der Waals surface area contributed by atoms with Crippen LogP contribution in [0.4, 0.5) is 5.82 Å². The Bertz CT molecular complexity index is 559. The van der Waals surface area contributed by atoms with Crippen molar-refractivity contribution in [1.82, 2.24) is 19.7 Å². The van der Waals surface area contributed by atoms with Crippen LogP contribution in [-0.2, 0) is 7.05 Å². The molecule has 1 fully saturated rings. The number of rotatable bonds is 3. The minimum Gasteiger partial charge on any atom is -0.367 e. The van der Waals surface area contributed by atoms with E-state index in [1.54, 1.807) is 11.0 Å². The van der Waals surface area contributed by atoms with Crippen LogP contribution in [0, 0.1) is 0 Å². The Morgan fingerprint density at radius 2 is 2.05 bits per heavy atom. The first-order chi connectivity index (χ1) is 9.28. The Morgan fingerprint density at radius 3 is 2.79 bits per heavy atom. The predicted molar refractivity (Wildman–Crippen MR) is 79.5 cm³/mol. The first-order valence-electron chi connectivity index (χ1n) is 6.70. The summed E-state index contributed by atoms with van der Waals surface area (Å²) < 4.78 is 1.78. The molecule has 0 unspecified atom stereocenters. The molecule has 19 heavy (non-hydrogen) atoms. The van der Waals surface area contributed by atoms with Crippen LogP contribution in [0.5, 0.6) is 0 Å². The molecule has 0 aliphatic heterocycles. The van der Waals surface area contributed by atoms with Crippen molar-refractivity contribution in [3.63, 3.8) is 0 Å². The number of aryl methyl sites for hydroxylation is 1. The van der Waals surface area contributed by atoms with E-state index in [-0.39, 0.29) is 0 Å². The second kappa shape index (κ2) is 5.36. The fraction of sp³-hybridized carbons (Fsp3) is 0.615. The van der Waals surface area contributed by atoms with Crippen LogP contribution in [0.2, 0.25) is 0 Å². The van der Waals surface area contributed by atoms with Crippen LogP contribution in [0.25, 0.3) is 11.0 Å². The third-order valence-electron chi connectivity index (χ3n) is 3.88. The van der Waals surface area contributed by atoms with Crippen LogP contribution in [0.3, 0.4) is 0 Å². The number of hydrogen-bond donors (Lipinski definition) is 1. The Morgan fingerprint density at radius 1 is 1.26 bits per heavy atom. The van der Waals surface area contributed by atoms with Crippen molar-refractivity contribution in [1.29, 1.82) is 0 Å². The highest BCUT2D eigenvalue weighted by Gasteiger charge is 2.21. The number of thioether (sulfide) groups is 1. The van der Waals surface area contributed by atoms with Gasteiger partial charge in [-0.1, -0.05) is 0 Å². The summed E-state index contributed by atoms with van der Waals surface area (Å²) in [6, 6.07) is 0.529. The standard InChI is InChI=1S/C13H19N5S/c1-18-13-11(7-16-18)12(14-8-15-13)17-9-3-5-10(19-2)6-4-9/h7-10H,3-6H2,1-2H3,(H,14,15,17). The molecular formula is C13H19N5S. The monoisotopic (exact) mass is 277 g/mol. The van der Waals surface area contributed by atoms with Gasteiger partial charge in [-0.3, -0.25) is 4.68 Å². The Labute approximate surface area is 117 Å². The molecule has 6 heteroatoms. The number of anilines is 1. The van der Waals surface area contributed by atoms with Crippen molar-refractivity contribution in [3.05, 3.63) is 12.5 Å². The second-order valence-corrected chi connectivity index (χ2v) is 6.22. The molecule has 1 aliphatic carbocycles. The number of nitrogens with one attached hydrogen (secondary N) is 1. The molecule has 2 aromatic heterocycles. The first-order valence-corrected chi connectivity index (χ1v) is 7.98. The first kappa shape index (κ1) is 12.7. The summed E-state index contributed by atoms with van der Waals surface area (Å²) in [5.41, 5.74) is 0.885. The lowest BCUT2D eigenvalue weighted by Crippen LogP contribution is -2.27. The fourth-order valence-corrected chi connectivity index (χ4v) is 3.46. The molecule has 5 nitrogen and oxygen atoms in total. The SMILES string of the molecule is CSC1CCC(Nc2ncnc3c2cnn3C)CC1. The zero-order valence-corrected chi connectivity index (χ0v) is 12.2. The molecule has 102 valence electrons. The summed E-state index contributed by atoms with van der Waals surface area (Å²) >= 11 is 1.99. The highest BCUT2D eigenvalue weighted by Crippen LogP contribution is 2.29. The van der Waals surface area contributed by atoms with E-state index in [2.05, 4.69) is 26.6 Å². The van der Waals surface area contributed by atoms with Crippen LogP contribution >= 0.6 is 11.8 Å². The summed E-state index contributed by atoms with van der Waals surface area (Å²) in [5, 5.41) is 9.66. The smallest absolute Gasteiger partial charge is 0.163 e. The van der Waals surface area contributed by atoms with Gasteiger partial charge in [0, 0.05) is 18.3 Å². The number of aromatic nitrogens is 4. The van der Waals surface area contributed by atoms with Gasteiger partial charge >= 0.3 is 0 Å². The molecule has 2 aromatic rings. The molecule has 0 saturated heterocycles. The van der Waals surface area contributed by atoms with Gasteiger partial charge in [0.05, 0.1) is 11.6 Å². The Kier molecular flexibility index (Phi) is 3.59. The van der Waals surface area contributed by atoms with Gasteiger partial charge in [0.2, 0.25) is 0 Å². The molecule has 3 rings (SSSR count). The number of fused-ring (bicyclic) bond motifs is 1. The Hall–Kier alpha value is -1.30. The lowest BCUT2D eigenvalue weighted by atomic mass is 9.95. The summed E-state index contributed by atoms with van der Waals surface area (Å²) in [5.74, 6) is 0.922. The zero-order chi connectivity index (χ0) is 13.2. The highest BCUT2D eigenvalue weighted by molar-refractivity contribution is 7.99. The predicted octanol–water partition coefficient (Wildman–Crippen LogP) is 2.45. The van der Waals surface area contributed by atoms with Crippen molar-refractivity contribution < 1.29 is 0 Å². The van der Waals surface area contributed by atoms with Crippen molar-refractivity contribution in [2.45, 2.75) is 37.0 Å². The average molecular weight is 277 g/mol. The van der Waals surface area contributed by atoms with Gasteiger partial charge < -0.3 is 5.32 Å². The molecule has 0 bridgehead atoms. The normalized spacial score (nSPS) is 23.7. The highest BCUT2D eigenvalue weighted by atomic mass is 32.2. The van der Waals surface area contributed by atoms with Crippen LogP contribution in [-0.4, -0.2) is 37.3 Å². The van der Waals surface area contributed by atoms with E-state index in [1.807, 2.05) is 25.0 Å². The van der Waals surface area contributed by atoms with Gasteiger partial charge in [-0.2, -0.15) is 16.9 Å². The van der Waals surface area contributed by atoms with Gasteiger partial charge in [0.25, 0.3) is 0 Å². The van der Waals surface area contributed by atoms with Crippen LogP contribution < -0.4 is 5.32 Å². The molecule has 1 aliphatic rings. The molecule has 2 heterocycles. The molecule has 0 aromatic carbocycles. The zero-order valence-electron chi connectivity index (χ0n) is 11.3. The fourth-order valence-electron chi connectivity index (χ4n) is 2.71. The molecule has 0 radical (unpaired) electrons. The van der Waals surface area contributed by atoms with E-state index in [0.29, 0.717) is 6.04 Å². The minimum absolute atomic E-state index is 0.529. The van der Waals surface area contributed by atoms with Crippen LogP contribution in [0.1, 0.15) is 25.7 Å². The summed E-state index contributed by atoms with van der Waals surface area (Å²) in [6.07, 6.45) is 10.7. The summed E-state index contributed by atoms with van der Waals surface area (Å²) in [4.78, 5) is 8.64. The molecule has 0 spiro atoms. The maximum atomic E-state index is 4.37. The third kappa shape index (κ3) is 2.54. The average Bonchev–Trinajstić information content (AvgIpc) is 2.83. The van der Waals surface area contributed by atoms with Gasteiger partial charge in [-0.25, -0.2) is 9.97 Å². The van der Waals surface area contributed by atoms with Gasteiger partial charge in [-0.05, 0) is 31.9 Å². The Balaban J connectivity index is 1.75. The summed E-state index contributed by atoms with van der Waals surface area (Å²) in [6.45, 7) is 0. The van der Waals surface area contributed by atoms with Crippen LogP contribution in [0.15, 0.2) is 12.5 Å². The largest absolute Gasteiger partial charge is 0.367 e. The topological polar surface area (TPSA) is 55.6 Å². The molecular weight excluding hydrogens is 258 g/mol. The summed E-state index contributed by atoms with van der Waals surface area (Å²) in [7, 11) is 1.91. The van der Waals surface area contributed by atoms with Gasteiger partial charge in [0.15, 0.2) is 5.65 Å². The number of nitrogens with zero attached hydrogens (tertiary/aromatic N) is 4. The van der Waals surface area contributed by atoms with Crippen molar-refractivity contribution in [2.75, 3.05) is 11.6 Å².